The summed E-state index contributed by atoms with van der Waals surface area (Å²) in [6.45, 7) is 1.81. The summed E-state index contributed by atoms with van der Waals surface area (Å²) >= 11 is 13.6. The van der Waals surface area contributed by atoms with E-state index in [0.717, 1.165) is 40.8 Å². The fourth-order valence-electron chi connectivity index (χ4n) is 1.81. The lowest BCUT2D eigenvalue weighted by atomic mass is 10.2. The number of alkyl halides is 1. The van der Waals surface area contributed by atoms with E-state index in [2.05, 4.69) is 23.0 Å². The molecule has 0 aliphatic carbocycles. The van der Waals surface area contributed by atoms with Crippen LogP contribution in [0.3, 0.4) is 0 Å². The molecule has 1 aromatic heterocycles. The summed E-state index contributed by atoms with van der Waals surface area (Å²) < 4.78 is 0. The quantitative estimate of drug-likeness (QED) is 0.742. The van der Waals surface area contributed by atoms with Crippen molar-refractivity contribution in [2.75, 3.05) is 13.6 Å². The molecule has 0 fully saturated rings. The van der Waals surface area contributed by atoms with Crippen LogP contribution in [0.5, 0.6) is 0 Å². The number of aromatic nitrogens is 1. The molecule has 5 heteroatoms. The van der Waals surface area contributed by atoms with Crippen LogP contribution >= 0.6 is 34.5 Å². The highest BCUT2D eigenvalue weighted by Gasteiger charge is 2.06. The summed E-state index contributed by atoms with van der Waals surface area (Å²) in [4.78, 5) is 6.71. The first-order chi connectivity index (χ1) is 9.19. The fourth-order valence-corrected chi connectivity index (χ4v) is 3.02. The molecule has 0 saturated carbocycles. The number of hydrogen-bond acceptors (Lipinski definition) is 3. The number of thiazole rings is 1. The first kappa shape index (κ1) is 14.8. The smallest absolute Gasteiger partial charge is 0.0941 e. The zero-order chi connectivity index (χ0) is 13.7. The molecule has 0 aliphatic heterocycles. The van der Waals surface area contributed by atoms with E-state index in [0.29, 0.717) is 5.88 Å². The van der Waals surface area contributed by atoms with Gasteiger partial charge in [0.15, 0.2) is 0 Å². The third kappa shape index (κ3) is 4.46. The van der Waals surface area contributed by atoms with Crippen LogP contribution in [-0.2, 0) is 18.8 Å². The Kier molecular flexibility index (Phi) is 5.64. The highest BCUT2D eigenvalue weighted by Crippen LogP contribution is 2.17. The number of nitrogens with zero attached hydrogens (tertiary/aromatic N) is 2. The van der Waals surface area contributed by atoms with Crippen molar-refractivity contribution in [3.63, 3.8) is 0 Å². The lowest BCUT2D eigenvalue weighted by molar-refractivity contribution is 0.331. The second-order valence-electron chi connectivity index (χ2n) is 4.45. The highest BCUT2D eigenvalue weighted by molar-refractivity contribution is 7.09. The predicted octanol–water partition coefficient (Wildman–Crippen LogP) is 4.21. The number of likely N-dealkylation sites (N-methyl/N-ethyl adjacent to an activating group) is 1. The lowest BCUT2D eigenvalue weighted by Crippen LogP contribution is -2.20. The lowest BCUT2D eigenvalue weighted by Gasteiger charge is -2.16. The normalized spacial score (nSPS) is 11.2. The topological polar surface area (TPSA) is 16.1 Å². The van der Waals surface area contributed by atoms with Crippen molar-refractivity contribution in [3.05, 3.63) is 50.9 Å². The van der Waals surface area contributed by atoms with Gasteiger partial charge in [0.05, 0.1) is 16.6 Å². The molecule has 19 heavy (non-hydrogen) atoms. The zero-order valence-corrected chi connectivity index (χ0v) is 13.1. The molecule has 0 aliphatic rings. The minimum Gasteiger partial charge on any atom is -0.302 e. The molecular formula is C14H16Cl2N2S. The Morgan fingerprint density at radius 2 is 2.11 bits per heavy atom. The molecule has 0 unspecified atom stereocenters. The summed E-state index contributed by atoms with van der Waals surface area (Å²) in [6.07, 6.45) is 0.947. The Labute approximate surface area is 128 Å². The van der Waals surface area contributed by atoms with Gasteiger partial charge in [-0.15, -0.1) is 22.9 Å². The number of benzene rings is 1. The van der Waals surface area contributed by atoms with Gasteiger partial charge in [-0.25, -0.2) is 4.98 Å². The SMILES string of the molecule is CN(CCc1nc(CCl)cs1)Cc1ccccc1Cl. The van der Waals surface area contributed by atoms with E-state index < -0.39 is 0 Å². The van der Waals surface area contributed by atoms with Crippen molar-refractivity contribution >= 4 is 34.5 Å². The van der Waals surface area contributed by atoms with E-state index in [9.17, 15) is 0 Å². The van der Waals surface area contributed by atoms with E-state index in [4.69, 9.17) is 23.2 Å². The van der Waals surface area contributed by atoms with Gasteiger partial charge in [0, 0.05) is 29.9 Å². The Bertz CT molecular complexity index is 528. The average molecular weight is 315 g/mol. The van der Waals surface area contributed by atoms with Gasteiger partial charge in [0.1, 0.15) is 0 Å². The molecule has 2 nitrogen and oxygen atoms in total. The van der Waals surface area contributed by atoms with Gasteiger partial charge in [-0.3, -0.25) is 0 Å². The third-order valence-electron chi connectivity index (χ3n) is 2.84. The van der Waals surface area contributed by atoms with Crippen LogP contribution in [0.1, 0.15) is 16.3 Å². The molecule has 2 rings (SSSR count). The second-order valence-corrected chi connectivity index (χ2v) is 6.06. The molecule has 1 heterocycles. The third-order valence-corrected chi connectivity index (χ3v) is 4.44. The minimum atomic E-state index is 0.492. The van der Waals surface area contributed by atoms with Crippen LogP contribution in [0.2, 0.25) is 5.02 Å². The summed E-state index contributed by atoms with van der Waals surface area (Å²) in [5.41, 5.74) is 2.13. The summed E-state index contributed by atoms with van der Waals surface area (Å²) in [6, 6.07) is 7.96. The molecule has 1 aromatic carbocycles. The maximum atomic E-state index is 6.16. The number of rotatable bonds is 6. The highest BCUT2D eigenvalue weighted by atomic mass is 35.5. The molecular weight excluding hydrogens is 299 g/mol. The standard InChI is InChI=1S/C14H16Cl2N2S/c1-18(9-11-4-2-3-5-13(11)16)7-6-14-17-12(8-15)10-19-14/h2-5,10H,6-9H2,1H3. The van der Waals surface area contributed by atoms with Crippen molar-refractivity contribution in [1.29, 1.82) is 0 Å². The summed E-state index contributed by atoms with van der Waals surface area (Å²) in [5, 5.41) is 3.99. The van der Waals surface area contributed by atoms with Crippen molar-refractivity contribution in [3.8, 4) is 0 Å². The van der Waals surface area contributed by atoms with Crippen LogP contribution in [0.4, 0.5) is 0 Å². The van der Waals surface area contributed by atoms with Gasteiger partial charge in [0.2, 0.25) is 0 Å². The second kappa shape index (κ2) is 7.25. The number of hydrogen-bond donors (Lipinski definition) is 0. The first-order valence-corrected chi connectivity index (χ1v) is 7.89. The van der Waals surface area contributed by atoms with Crippen molar-refractivity contribution in [1.82, 2.24) is 9.88 Å². The maximum absolute atomic E-state index is 6.16. The van der Waals surface area contributed by atoms with E-state index in [1.807, 2.05) is 23.6 Å². The molecule has 102 valence electrons. The Morgan fingerprint density at radius 3 is 2.79 bits per heavy atom. The predicted molar refractivity (Wildman–Crippen MR) is 83.2 cm³/mol. The van der Waals surface area contributed by atoms with Gasteiger partial charge in [-0.2, -0.15) is 0 Å². The Balaban J connectivity index is 1.84. The first-order valence-electron chi connectivity index (χ1n) is 6.10. The molecule has 2 aromatic rings. The summed E-state index contributed by atoms with van der Waals surface area (Å²) in [7, 11) is 2.10. The van der Waals surface area contributed by atoms with E-state index in [1.165, 1.54) is 0 Å². The minimum absolute atomic E-state index is 0.492. The van der Waals surface area contributed by atoms with Crippen LogP contribution in [0, 0.1) is 0 Å². The molecule has 0 amide bonds. The van der Waals surface area contributed by atoms with Gasteiger partial charge in [0.25, 0.3) is 0 Å². The van der Waals surface area contributed by atoms with E-state index in [-0.39, 0.29) is 0 Å². The van der Waals surface area contributed by atoms with Crippen molar-refractivity contribution in [2.45, 2.75) is 18.8 Å². The van der Waals surface area contributed by atoms with E-state index >= 15 is 0 Å². The monoisotopic (exact) mass is 314 g/mol. The number of halogens is 2. The van der Waals surface area contributed by atoms with Gasteiger partial charge >= 0.3 is 0 Å². The molecule has 0 saturated heterocycles. The average Bonchev–Trinajstić information content (AvgIpc) is 2.87. The summed E-state index contributed by atoms with van der Waals surface area (Å²) in [5.74, 6) is 0.492. The van der Waals surface area contributed by atoms with Crippen molar-refractivity contribution < 1.29 is 0 Å². The maximum Gasteiger partial charge on any atom is 0.0941 e. The molecule has 0 atom stereocenters. The fraction of sp³-hybridized carbons (Fsp3) is 0.357. The van der Waals surface area contributed by atoms with E-state index in [1.54, 1.807) is 11.3 Å². The van der Waals surface area contributed by atoms with Crippen LogP contribution in [0.25, 0.3) is 0 Å². The Morgan fingerprint density at radius 1 is 1.32 bits per heavy atom. The molecule has 0 radical (unpaired) electrons. The van der Waals surface area contributed by atoms with Crippen LogP contribution in [-0.4, -0.2) is 23.5 Å². The van der Waals surface area contributed by atoms with Crippen LogP contribution in [0.15, 0.2) is 29.6 Å². The van der Waals surface area contributed by atoms with Crippen molar-refractivity contribution in [2.24, 2.45) is 0 Å². The largest absolute Gasteiger partial charge is 0.302 e. The van der Waals surface area contributed by atoms with Gasteiger partial charge in [-0.1, -0.05) is 29.8 Å². The van der Waals surface area contributed by atoms with Crippen LogP contribution < -0.4 is 0 Å². The van der Waals surface area contributed by atoms with Gasteiger partial charge in [-0.05, 0) is 18.7 Å². The molecule has 0 spiro atoms. The Hall–Kier alpha value is -0.610. The zero-order valence-electron chi connectivity index (χ0n) is 10.8. The molecule has 0 N–H and O–H groups in total. The molecule has 0 bridgehead atoms. The van der Waals surface area contributed by atoms with Gasteiger partial charge < -0.3 is 4.90 Å².